The molecule has 2 saturated carbocycles. The third-order valence-electron chi connectivity index (χ3n) is 4.67. The van der Waals surface area contributed by atoms with Gasteiger partial charge >= 0.3 is 5.97 Å². The van der Waals surface area contributed by atoms with E-state index in [2.05, 4.69) is 6.92 Å². The Morgan fingerprint density at radius 2 is 2.00 bits per heavy atom. The average Bonchev–Trinajstić information content (AvgIpc) is 2.74. The largest absolute Gasteiger partial charge is 0.463 e. The fourth-order valence-electron chi connectivity index (χ4n) is 4.18. The van der Waals surface area contributed by atoms with Gasteiger partial charge < -0.3 is 4.74 Å². The molecule has 3 rings (SSSR count). The predicted molar refractivity (Wildman–Crippen MR) is 57.1 cm³/mol. The Morgan fingerprint density at radius 1 is 1.33 bits per heavy atom. The molecule has 2 nitrogen and oxygen atoms in total. The lowest BCUT2D eigenvalue weighted by Gasteiger charge is -2.42. The standard InChI is InChI=1S/C13H18O2/c1-3-15-13(14)11-7(2)10-8-4-5-9(6-8)12(10)11/h8-10,12H,3-6H2,1-2H3/t8-,9+,10+,12-/m0/s1. The second-order valence-corrected chi connectivity index (χ2v) is 5.20. The molecule has 0 aromatic carbocycles. The van der Waals surface area contributed by atoms with Crippen LogP contribution in [-0.2, 0) is 9.53 Å². The van der Waals surface area contributed by atoms with Gasteiger partial charge in [-0.2, -0.15) is 0 Å². The van der Waals surface area contributed by atoms with Crippen LogP contribution in [0.2, 0.25) is 0 Å². The Kier molecular flexibility index (Phi) is 1.95. The topological polar surface area (TPSA) is 26.3 Å². The third-order valence-corrected chi connectivity index (χ3v) is 4.67. The molecule has 3 aliphatic carbocycles. The summed E-state index contributed by atoms with van der Waals surface area (Å²) in [5.41, 5.74) is 2.37. The van der Waals surface area contributed by atoms with Crippen LogP contribution < -0.4 is 0 Å². The van der Waals surface area contributed by atoms with E-state index in [0.717, 1.165) is 23.3 Å². The van der Waals surface area contributed by atoms with Gasteiger partial charge in [0, 0.05) is 11.5 Å². The Morgan fingerprint density at radius 3 is 2.67 bits per heavy atom. The molecule has 0 radical (unpaired) electrons. The number of carbonyl (C=O) groups excluding carboxylic acids is 1. The summed E-state index contributed by atoms with van der Waals surface area (Å²) >= 11 is 0. The van der Waals surface area contributed by atoms with Crippen LogP contribution in [0.15, 0.2) is 11.1 Å². The van der Waals surface area contributed by atoms with Crippen LogP contribution in [-0.4, -0.2) is 12.6 Å². The summed E-state index contributed by atoms with van der Waals surface area (Å²) in [6.45, 7) is 4.51. The number of esters is 1. The molecule has 82 valence electrons. The van der Waals surface area contributed by atoms with Gasteiger partial charge in [-0.25, -0.2) is 4.79 Å². The third kappa shape index (κ3) is 1.08. The summed E-state index contributed by atoms with van der Waals surface area (Å²) in [5.74, 6) is 2.95. The molecule has 0 spiro atoms. The summed E-state index contributed by atoms with van der Waals surface area (Å²) < 4.78 is 5.14. The van der Waals surface area contributed by atoms with Gasteiger partial charge in [-0.3, -0.25) is 0 Å². The smallest absolute Gasteiger partial charge is 0.334 e. The van der Waals surface area contributed by atoms with Crippen molar-refractivity contribution in [1.29, 1.82) is 0 Å². The number of carbonyl (C=O) groups is 1. The van der Waals surface area contributed by atoms with Crippen LogP contribution in [0.3, 0.4) is 0 Å². The highest BCUT2D eigenvalue weighted by Crippen LogP contribution is 2.63. The molecule has 2 heteroatoms. The SMILES string of the molecule is CCOC(=O)C1=C(C)[C@@H]2[C@H]3CC[C@H](C3)[C@H]12. The Hall–Kier alpha value is -0.790. The van der Waals surface area contributed by atoms with Gasteiger partial charge in [0.1, 0.15) is 0 Å². The van der Waals surface area contributed by atoms with Crippen LogP contribution in [0.4, 0.5) is 0 Å². The number of rotatable bonds is 2. The lowest BCUT2D eigenvalue weighted by Crippen LogP contribution is -2.38. The maximum Gasteiger partial charge on any atom is 0.334 e. The fraction of sp³-hybridized carbons (Fsp3) is 0.769. The van der Waals surface area contributed by atoms with Gasteiger partial charge in [0.15, 0.2) is 0 Å². The molecule has 15 heavy (non-hydrogen) atoms. The zero-order valence-electron chi connectivity index (χ0n) is 9.45. The Labute approximate surface area is 90.7 Å². The van der Waals surface area contributed by atoms with Crippen molar-refractivity contribution in [3.63, 3.8) is 0 Å². The zero-order chi connectivity index (χ0) is 10.6. The van der Waals surface area contributed by atoms with E-state index >= 15 is 0 Å². The summed E-state index contributed by atoms with van der Waals surface area (Å²) in [6, 6.07) is 0. The molecule has 3 aliphatic rings. The van der Waals surface area contributed by atoms with E-state index in [1.165, 1.54) is 24.8 Å². The maximum absolute atomic E-state index is 11.8. The molecule has 0 saturated heterocycles. The molecule has 0 aromatic rings. The highest BCUT2D eigenvalue weighted by molar-refractivity contribution is 5.92. The lowest BCUT2D eigenvalue weighted by molar-refractivity contribution is -0.140. The monoisotopic (exact) mass is 206 g/mol. The Balaban J connectivity index is 1.86. The van der Waals surface area contributed by atoms with E-state index in [1.54, 1.807) is 0 Å². The van der Waals surface area contributed by atoms with Gasteiger partial charge in [0.05, 0.1) is 6.61 Å². The molecule has 0 heterocycles. The molecule has 0 N–H and O–H groups in total. The van der Waals surface area contributed by atoms with Crippen molar-refractivity contribution in [2.75, 3.05) is 6.61 Å². The number of hydrogen-bond donors (Lipinski definition) is 0. The molecule has 0 amide bonds. The minimum Gasteiger partial charge on any atom is -0.463 e. The van der Waals surface area contributed by atoms with E-state index in [9.17, 15) is 4.79 Å². The van der Waals surface area contributed by atoms with Crippen LogP contribution in [0, 0.1) is 23.7 Å². The minimum absolute atomic E-state index is 0.0381. The molecular weight excluding hydrogens is 188 g/mol. The van der Waals surface area contributed by atoms with E-state index in [1.807, 2.05) is 6.92 Å². The maximum atomic E-state index is 11.8. The van der Waals surface area contributed by atoms with Crippen molar-refractivity contribution in [2.24, 2.45) is 23.7 Å². The molecule has 0 unspecified atom stereocenters. The first-order chi connectivity index (χ1) is 7.24. The molecule has 2 fully saturated rings. The molecule has 0 aromatic heterocycles. The van der Waals surface area contributed by atoms with Gasteiger partial charge in [0.25, 0.3) is 0 Å². The van der Waals surface area contributed by atoms with Crippen molar-refractivity contribution in [1.82, 2.24) is 0 Å². The summed E-state index contributed by atoms with van der Waals surface area (Å²) in [6.07, 6.45) is 4.08. The van der Waals surface area contributed by atoms with Crippen LogP contribution in [0.5, 0.6) is 0 Å². The van der Waals surface area contributed by atoms with Crippen molar-refractivity contribution in [2.45, 2.75) is 33.1 Å². The first-order valence-electron chi connectivity index (χ1n) is 6.11. The van der Waals surface area contributed by atoms with Crippen LogP contribution >= 0.6 is 0 Å². The van der Waals surface area contributed by atoms with Gasteiger partial charge in [-0.1, -0.05) is 5.57 Å². The first-order valence-corrected chi connectivity index (χ1v) is 6.11. The average molecular weight is 206 g/mol. The summed E-state index contributed by atoms with van der Waals surface area (Å²) in [5, 5.41) is 0. The molecule has 4 atom stereocenters. The van der Waals surface area contributed by atoms with Crippen molar-refractivity contribution >= 4 is 5.97 Å². The normalized spacial score (nSPS) is 41.5. The molecule has 0 aliphatic heterocycles. The number of hydrogen-bond acceptors (Lipinski definition) is 2. The van der Waals surface area contributed by atoms with E-state index < -0.39 is 0 Å². The minimum atomic E-state index is -0.0381. The number of allylic oxidation sites excluding steroid dienone is 1. The summed E-state index contributed by atoms with van der Waals surface area (Å²) in [4.78, 5) is 11.8. The van der Waals surface area contributed by atoms with Gasteiger partial charge in [0.2, 0.25) is 0 Å². The number of ether oxygens (including phenoxy) is 1. The van der Waals surface area contributed by atoms with E-state index in [4.69, 9.17) is 4.74 Å². The van der Waals surface area contributed by atoms with Crippen molar-refractivity contribution in [3.05, 3.63) is 11.1 Å². The Bertz CT molecular complexity index is 342. The van der Waals surface area contributed by atoms with Crippen LogP contribution in [0.25, 0.3) is 0 Å². The first kappa shape index (κ1) is 9.44. The fourth-order valence-corrected chi connectivity index (χ4v) is 4.18. The highest BCUT2D eigenvalue weighted by atomic mass is 16.5. The van der Waals surface area contributed by atoms with E-state index in [0.29, 0.717) is 12.5 Å². The van der Waals surface area contributed by atoms with Crippen molar-refractivity contribution < 1.29 is 9.53 Å². The van der Waals surface area contributed by atoms with Gasteiger partial charge in [-0.15, -0.1) is 0 Å². The summed E-state index contributed by atoms with van der Waals surface area (Å²) in [7, 11) is 0. The zero-order valence-corrected chi connectivity index (χ0v) is 9.45. The predicted octanol–water partition coefficient (Wildman–Crippen LogP) is 2.54. The lowest BCUT2D eigenvalue weighted by atomic mass is 9.62. The molecular formula is C13H18O2. The van der Waals surface area contributed by atoms with E-state index in [-0.39, 0.29) is 5.97 Å². The second-order valence-electron chi connectivity index (χ2n) is 5.20. The van der Waals surface area contributed by atoms with Crippen molar-refractivity contribution in [3.8, 4) is 0 Å². The van der Waals surface area contributed by atoms with Gasteiger partial charge in [-0.05, 0) is 50.9 Å². The number of fused-ring (bicyclic) bond motifs is 5. The quantitative estimate of drug-likeness (QED) is 0.649. The highest BCUT2D eigenvalue weighted by Gasteiger charge is 2.57. The second kappa shape index (κ2) is 3.10. The van der Waals surface area contributed by atoms with Crippen LogP contribution in [0.1, 0.15) is 33.1 Å². The molecule has 2 bridgehead atoms.